The average molecular weight is 364 g/mol. The molecular formula is C22H24N2O3. The number of aryl methyl sites for hydroxylation is 1. The van der Waals surface area contributed by atoms with Gasteiger partial charge in [-0.2, -0.15) is 10.1 Å². The van der Waals surface area contributed by atoms with Gasteiger partial charge in [0.25, 0.3) is 5.91 Å². The fraction of sp³-hybridized carbons (Fsp3) is 0.273. The molecule has 2 aromatic rings. The van der Waals surface area contributed by atoms with Gasteiger partial charge in [-0.05, 0) is 69.2 Å². The Bertz CT molecular complexity index is 916. The Morgan fingerprint density at radius 1 is 1.00 bits per heavy atom. The zero-order chi connectivity index (χ0) is 19.4. The summed E-state index contributed by atoms with van der Waals surface area (Å²) in [5.74, 6) is 1.24. The number of carbonyl (C=O) groups excluding carboxylic acids is 1. The maximum Gasteiger partial charge on any atom is 0.280 e. The van der Waals surface area contributed by atoms with E-state index >= 15 is 0 Å². The van der Waals surface area contributed by atoms with Gasteiger partial charge < -0.3 is 9.47 Å². The summed E-state index contributed by atoms with van der Waals surface area (Å²) >= 11 is 0. The molecule has 5 heteroatoms. The van der Waals surface area contributed by atoms with Crippen LogP contribution in [0, 0.1) is 6.92 Å². The van der Waals surface area contributed by atoms with Crippen LogP contribution in [0.5, 0.6) is 11.5 Å². The fourth-order valence-electron chi connectivity index (χ4n) is 2.94. The van der Waals surface area contributed by atoms with E-state index in [1.165, 1.54) is 5.01 Å². The van der Waals surface area contributed by atoms with E-state index in [4.69, 9.17) is 9.47 Å². The number of carbonyl (C=O) groups is 1. The van der Waals surface area contributed by atoms with Crippen molar-refractivity contribution in [1.82, 2.24) is 0 Å². The van der Waals surface area contributed by atoms with Crippen molar-refractivity contribution in [3.63, 3.8) is 0 Å². The number of hydrogen-bond acceptors (Lipinski definition) is 4. The highest BCUT2D eigenvalue weighted by atomic mass is 16.5. The van der Waals surface area contributed by atoms with E-state index in [2.05, 4.69) is 5.10 Å². The number of hydrogen-bond donors (Lipinski definition) is 0. The van der Waals surface area contributed by atoms with Crippen molar-refractivity contribution < 1.29 is 14.3 Å². The van der Waals surface area contributed by atoms with Crippen molar-refractivity contribution in [1.29, 1.82) is 0 Å². The standard InChI is InChI=1S/C22H24N2O3/c1-5-26-20-11-10-17(14-21(20)27-6-2)13-19-16(4)23-24(22(19)25)18-9-7-8-15(3)12-18/h7-14H,5-6H2,1-4H3/b19-13-. The first-order chi connectivity index (χ1) is 13.0. The van der Waals surface area contributed by atoms with Gasteiger partial charge in [0, 0.05) is 0 Å². The topological polar surface area (TPSA) is 51.1 Å². The maximum atomic E-state index is 12.9. The molecule has 27 heavy (non-hydrogen) atoms. The van der Waals surface area contributed by atoms with E-state index < -0.39 is 0 Å². The highest BCUT2D eigenvalue weighted by Crippen LogP contribution is 2.31. The fourth-order valence-corrected chi connectivity index (χ4v) is 2.94. The van der Waals surface area contributed by atoms with Gasteiger partial charge in [0.15, 0.2) is 11.5 Å². The molecule has 1 aliphatic rings. The van der Waals surface area contributed by atoms with Crippen LogP contribution in [0.15, 0.2) is 53.1 Å². The van der Waals surface area contributed by atoms with E-state index in [1.807, 2.05) is 76.2 Å². The van der Waals surface area contributed by atoms with Crippen LogP contribution < -0.4 is 14.5 Å². The Labute approximate surface area is 159 Å². The molecule has 1 aliphatic heterocycles. The molecular weight excluding hydrogens is 340 g/mol. The number of benzene rings is 2. The molecule has 0 bridgehead atoms. The normalized spacial score (nSPS) is 15.3. The second-order valence-corrected chi connectivity index (χ2v) is 6.27. The lowest BCUT2D eigenvalue weighted by molar-refractivity contribution is -0.114. The van der Waals surface area contributed by atoms with Crippen molar-refractivity contribution >= 4 is 23.4 Å². The van der Waals surface area contributed by atoms with E-state index in [-0.39, 0.29) is 5.91 Å². The molecule has 1 heterocycles. The lowest BCUT2D eigenvalue weighted by atomic mass is 10.1. The van der Waals surface area contributed by atoms with Gasteiger partial charge in [0.05, 0.1) is 30.2 Å². The first kappa shape index (κ1) is 18.7. The van der Waals surface area contributed by atoms with Crippen LogP contribution in [-0.2, 0) is 4.79 Å². The number of ether oxygens (including phenoxy) is 2. The van der Waals surface area contributed by atoms with Gasteiger partial charge in [-0.15, -0.1) is 0 Å². The summed E-state index contributed by atoms with van der Waals surface area (Å²) in [6.07, 6.45) is 1.84. The van der Waals surface area contributed by atoms with Gasteiger partial charge in [-0.3, -0.25) is 4.79 Å². The Kier molecular flexibility index (Phi) is 5.60. The first-order valence-electron chi connectivity index (χ1n) is 9.11. The molecule has 2 aromatic carbocycles. The van der Waals surface area contributed by atoms with Crippen LogP contribution in [0.3, 0.4) is 0 Å². The van der Waals surface area contributed by atoms with Gasteiger partial charge in [0.2, 0.25) is 0 Å². The Morgan fingerprint density at radius 2 is 1.74 bits per heavy atom. The predicted octanol–water partition coefficient (Wildman–Crippen LogP) is 4.60. The summed E-state index contributed by atoms with van der Waals surface area (Å²) in [6.45, 7) is 8.81. The molecule has 0 spiro atoms. The lowest BCUT2D eigenvalue weighted by Gasteiger charge is -2.13. The van der Waals surface area contributed by atoms with Gasteiger partial charge in [-0.25, -0.2) is 0 Å². The van der Waals surface area contributed by atoms with Crippen molar-refractivity contribution in [2.24, 2.45) is 5.10 Å². The minimum absolute atomic E-state index is 0.134. The van der Waals surface area contributed by atoms with Crippen LogP contribution in [0.4, 0.5) is 5.69 Å². The van der Waals surface area contributed by atoms with E-state index in [1.54, 1.807) is 0 Å². The summed E-state index contributed by atoms with van der Waals surface area (Å²) in [5.41, 5.74) is 3.98. The van der Waals surface area contributed by atoms with Crippen LogP contribution in [0.2, 0.25) is 0 Å². The number of hydrazone groups is 1. The lowest BCUT2D eigenvalue weighted by Crippen LogP contribution is -2.21. The zero-order valence-electron chi connectivity index (χ0n) is 16.2. The predicted molar refractivity (Wildman–Crippen MR) is 109 cm³/mol. The monoisotopic (exact) mass is 364 g/mol. The van der Waals surface area contributed by atoms with E-state index in [0.29, 0.717) is 36.0 Å². The summed E-state index contributed by atoms with van der Waals surface area (Å²) in [5, 5.41) is 5.89. The highest BCUT2D eigenvalue weighted by molar-refractivity contribution is 6.32. The van der Waals surface area contributed by atoms with Gasteiger partial charge >= 0.3 is 0 Å². The molecule has 0 radical (unpaired) electrons. The van der Waals surface area contributed by atoms with Gasteiger partial charge in [-0.1, -0.05) is 18.2 Å². The zero-order valence-corrected chi connectivity index (χ0v) is 16.2. The summed E-state index contributed by atoms with van der Waals surface area (Å²) < 4.78 is 11.3. The first-order valence-corrected chi connectivity index (χ1v) is 9.11. The second kappa shape index (κ2) is 8.08. The third-order valence-corrected chi connectivity index (χ3v) is 4.19. The minimum Gasteiger partial charge on any atom is -0.490 e. The molecule has 0 unspecified atom stereocenters. The number of amides is 1. The molecule has 0 atom stereocenters. The summed E-state index contributed by atoms with van der Waals surface area (Å²) in [7, 11) is 0. The SMILES string of the molecule is CCOc1ccc(/C=C2\C(=O)N(c3cccc(C)c3)N=C2C)cc1OCC. The number of anilines is 1. The quantitative estimate of drug-likeness (QED) is 0.704. The molecule has 140 valence electrons. The molecule has 1 amide bonds. The van der Waals surface area contributed by atoms with E-state index in [9.17, 15) is 4.79 Å². The highest BCUT2D eigenvalue weighted by Gasteiger charge is 2.28. The van der Waals surface area contributed by atoms with Crippen molar-refractivity contribution in [3.05, 3.63) is 59.2 Å². The molecule has 0 aromatic heterocycles. The van der Waals surface area contributed by atoms with Gasteiger partial charge in [0.1, 0.15) is 0 Å². The van der Waals surface area contributed by atoms with Crippen LogP contribution >= 0.6 is 0 Å². The second-order valence-electron chi connectivity index (χ2n) is 6.27. The van der Waals surface area contributed by atoms with Crippen LogP contribution in [0.1, 0.15) is 31.9 Å². The Balaban J connectivity index is 1.92. The summed E-state index contributed by atoms with van der Waals surface area (Å²) in [6, 6.07) is 13.4. The molecule has 0 N–H and O–H groups in total. The molecule has 0 saturated heterocycles. The van der Waals surface area contributed by atoms with Crippen LogP contribution in [-0.4, -0.2) is 24.8 Å². The Morgan fingerprint density at radius 3 is 2.44 bits per heavy atom. The summed E-state index contributed by atoms with van der Waals surface area (Å²) in [4.78, 5) is 12.9. The molecule has 0 aliphatic carbocycles. The van der Waals surface area contributed by atoms with E-state index in [0.717, 1.165) is 16.8 Å². The third-order valence-electron chi connectivity index (χ3n) is 4.19. The van der Waals surface area contributed by atoms with Crippen molar-refractivity contribution in [3.8, 4) is 11.5 Å². The van der Waals surface area contributed by atoms with Crippen molar-refractivity contribution in [2.75, 3.05) is 18.2 Å². The number of nitrogens with zero attached hydrogens (tertiary/aromatic N) is 2. The molecule has 3 rings (SSSR count). The molecule has 5 nitrogen and oxygen atoms in total. The minimum atomic E-state index is -0.134. The maximum absolute atomic E-state index is 12.9. The third kappa shape index (κ3) is 4.03. The smallest absolute Gasteiger partial charge is 0.280 e. The average Bonchev–Trinajstić information content (AvgIpc) is 2.92. The van der Waals surface area contributed by atoms with Crippen LogP contribution in [0.25, 0.3) is 6.08 Å². The van der Waals surface area contributed by atoms with Crippen molar-refractivity contribution in [2.45, 2.75) is 27.7 Å². The molecule has 0 fully saturated rings. The Hall–Kier alpha value is -3.08. The number of rotatable bonds is 6. The molecule has 0 saturated carbocycles. The largest absolute Gasteiger partial charge is 0.490 e.